The second-order valence-corrected chi connectivity index (χ2v) is 4.57. The normalized spacial score (nSPS) is 10.7. The Morgan fingerprint density at radius 1 is 0.870 bits per heavy atom. The molecule has 0 radical (unpaired) electrons. The average Bonchev–Trinajstić information content (AvgIpc) is 2.57. The first-order valence-electron chi connectivity index (χ1n) is 6.38. The van der Waals surface area contributed by atoms with Crippen molar-refractivity contribution in [1.29, 1.82) is 0 Å². The molecule has 0 aromatic heterocycles. The van der Waals surface area contributed by atoms with Gasteiger partial charge in [-0.25, -0.2) is 17.6 Å². The monoisotopic (exact) mass is 326 g/mol. The summed E-state index contributed by atoms with van der Waals surface area (Å²) in [4.78, 5) is 23.9. The first-order valence-corrected chi connectivity index (χ1v) is 6.38. The molecule has 0 bridgehead atoms. The highest BCUT2D eigenvalue weighted by atomic mass is 19.2. The highest BCUT2D eigenvalue weighted by Crippen LogP contribution is 2.26. The molecule has 23 heavy (non-hydrogen) atoms. The fourth-order valence-electron chi connectivity index (χ4n) is 1.98. The van der Waals surface area contributed by atoms with Crippen LogP contribution in [0.2, 0.25) is 0 Å². The molecule has 0 saturated carbocycles. The Hall–Kier alpha value is -2.54. The second-order valence-electron chi connectivity index (χ2n) is 4.57. The molecule has 0 aliphatic rings. The lowest BCUT2D eigenvalue weighted by molar-refractivity contribution is 0.0810. The first kappa shape index (κ1) is 16.8. The van der Waals surface area contributed by atoms with Gasteiger partial charge in [-0.15, -0.1) is 0 Å². The molecule has 0 amide bonds. The van der Waals surface area contributed by atoms with E-state index in [1.807, 2.05) is 0 Å². The van der Waals surface area contributed by atoms with Gasteiger partial charge in [0.25, 0.3) is 0 Å². The molecule has 0 aliphatic heterocycles. The molecular formula is C16H10F4O3. The highest BCUT2D eigenvalue weighted by molar-refractivity contribution is 6.49. The van der Waals surface area contributed by atoms with E-state index in [4.69, 9.17) is 0 Å². The topological polar surface area (TPSA) is 43.4 Å². The smallest absolute Gasteiger partial charge is 0.239 e. The predicted octanol–water partition coefficient (Wildman–Crippen LogP) is 3.46. The lowest BCUT2D eigenvalue weighted by Crippen LogP contribution is -2.21. The summed E-state index contributed by atoms with van der Waals surface area (Å²) in [5, 5.41) is 0. The molecule has 120 valence electrons. The molecule has 0 atom stereocenters. The fraction of sp³-hybridized carbons (Fsp3) is 0.125. The molecule has 2 aromatic carbocycles. The van der Waals surface area contributed by atoms with Crippen molar-refractivity contribution >= 4 is 11.6 Å². The summed E-state index contributed by atoms with van der Waals surface area (Å²) in [6.45, 7) is -0.730. The van der Waals surface area contributed by atoms with Gasteiger partial charge >= 0.3 is 0 Å². The van der Waals surface area contributed by atoms with Crippen LogP contribution in [0.3, 0.4) is 0 Å². The van der Waals surface area contributed by atoms with E-state index in [1.54, 1.807) is 6.07 Å². The molecule has 2 rings (SSSR count). The van der Waals surface area contributed by atoms with E-state index in [0.717, 1.165) is 7.11 Å². The summed E-state index contributed by atoms with van der Waals surface area (Å²) in [7, 11) is 1.08. The number of benzene rings is 2. The predicted molar refractivity (Wildman–Crippen MR) is 72.1 cm³/mol. The quantitative estimate of drug-likeness (QED) is 0.366. The number of rotatable bonds is 5. The molecule has 0 fully saturated rings. The molecular weight excluding hydrogens is 316 g/mol. The van der Waals surface area contributed by atoms with Crippen molar-refractivity contribution in [3.8, 4) is 0 Å². The number of carbonyl (C=O) groups excluding carboxylic acids is 2. The minimum atomic E-state index is -1.93. The Morgan fingerprint density at radius 3 is 1.87 bits per heavy atom. The number of hydrogen-bond donors (Lipinski definition) is 0. The molecule has 0 unspecified atom stereocenters. The third kappa shape index (κ3) is 3.00. The molecule has 0 saturated heterocycles. The molecule has 3 nitrogen and oxygen atoms in total. The van der Waals surface area contributed by atoms with Gasteiger partial charge in [-0.2, -0.15) is 0 Å². The fourth-order valence-corrected chi connectivity index (χ4v) is 1.98. The Balaban J connectivity index is 2.56. The maximum Gasteiger partial charge on any atom is 0.239 e. The third-order valence-electron chi connectivity index (χ3n) is 3.11. The van der Waals surface area contributed by atoms with Gasteiger partial charge in [0.2, 0.25) is 11.6 Å². The number of hydrogen-bond acceptors (Lipinski definition) is 3. The third-order valence-corrected chi connectivity index (χ3v) is 3.11. The van der Waals surface area contributed by atoms with Crippen molar-refractivity contribution in [3.05, 3.63) is 70.3 Å². The van der Waals surface area contributed by atoms with Gasteiger partial charge < -0.3 is 4.74 Å². The van der Waals surface area contributed by atoms with Gasteiger partial charge in [0.05, 0.1) is 12.2 Å². The number of halogens is 4. The average molecular weight is 326 g/mol. The van der Waals surface area contributed by atoms with Crippen LogP contribution in [0.1, 0.15) is 26.3 Å². The molecule has 0 spiro atoms. The largest absolute Gasteiger partial charge is 0.380 e. The van der Waals surface area contributed by atoms with E-state index in [0.29, 0.717) is 0 Å². The van der Waals surface area contributed by atoms with E-state index in [-0.39, 0.29) is 5.56 Å². The number of carbonyl (C=O) groups is 2. The van der Waals surface area contributed by atoms with Crippen LogP contribution in [0, 0.1) is 23.3 Å². The van der Waals surface area contributed by atoms with Crippen molar-refractivity contribution in [1.82, 2.24) is 0 Å². The summed E-state index contributed by atoms with van der Waals surface area (Å²) in [5.74, 6) is -10.3. The van der Waals surface area contributed by atoms with Crippen molar-refractivity contribution in [2.45, 2.75) is 6.61 Å². The van der Waals surface area contributed by atoms with Crippen LogP contribution < -0.4 is 0 Å². The van der Waals surface area contributed by atoms with E-state index in [2.05, 4.69) is 4.74 Å². The maximum absolute atomic E-state index is 13.9. The number of methoxy groups -OCH3 is 1. The van der Waals surface area contributed by atoms with Gasteiger partial charge in [0, 0.05) is 12.7 Å². The van der Waals surface area contributed by atoms with Crippen LogP contribution in [0.5, 0.6) is 0 Å². The van der Waals surface area contributed by atoms with Gasteiger partial charge in [-0.3, -0.25) is 9.59 Å². The standard InChI is InChI=1S/C16H10F4O3/c1-23-7-9-11(17)13(19)10(14(20)12(9)18)16(22)15(21)8-5-3-2-4-6-8/h2-6H,7H2,1H3. The van der Waals surface area contributed by atoms with E-state index < -0.39 is 52.6 Å². The molecule has 0 heterocycles. The van der Waals surface area contributed by atoms with Crippen LogP contribution in [-0.2, 0) is 11.3 Å². The van der Waals surface area contributed by atoms with Gasteiger partial charge in [-0.1, -0.05) is 30.3 Å². The van der Waals surface area contributed by atoms with Gasteiger partial charge in [0.1, 0.15) is 5.56 Å². The zero-order valence-corrected chi connectivity index (χ0v) is 11.8. The number of ketones is 2. The second kappa shape index (κ2) is 6.70. The summed E-state index contributed by atoms with van der Waals surface area (Å²) in [6, 6.07) is 6.89. The Kier molecular flexibility index (Phi) is 4.90. The van der Waals surface area contributed by atoms with E-state index >= 15 is 0 Å². The van der Waals surface area contributed by atoms with Crippen molar-refractivity contribution in [2.24, 2.45) is 0 Å². The van der Waals surface area contributed by atoms with Gasteiger partial charge in [0.15, 0.2) is 23.3 Å². The minimum Gasteiger partial charge on any atom is -0.380 e. The van der Waals surface area contributed by atoms with Crippen molar-refractivity contribution in [3.63, 3.8) is 0 Å². The number of Topliss-reactive ketones (excluding diaryl/α,β-unsaturated/α-hetero) is 2. The van der Waals surface area contributed by atoms with E-state index in [1.165, 1.54) is 24.3 Å². The summed E-state index contributed by atoms with van der Waals surface area (Å²) in [6.07, 6.45) is 0. The lowest BCUT2D eigenvalue weighted by atomic mass is 9.98. The SMILES string of the molecule is COCc1c(F)c(F)c(C(=O)C(=O)c2ccccc2)c(F)c1F. The minimum absolute atomic E-state index is 0.155. The maximum atomic E-state index is 13.9. The summed E-state index contributed by atoms with van der Waals surface area (Å²) < 4.78 is 59.9. The highest BCUT2D eigenvalue weighted by Gasteiger charge is 2.32. The van der Waals surface area contributed by atoms with Crippen molar-refractivity contribution < 1.29 is 31.9 Å². The van der Waals surface area contributed by atoms with Crippen LogP contribution in [0.15, 0.2) is 30.3 Å². The van der Waals surface area contributed by atoms with Crippen LogP contribution in [0.25, 0.3) is 0 Å². The Labute approximate surface area is 128 Å². The van der Waals surface area contributed by atoms with Crippen molar-refractivity contribution in [2.75, 3.05) is 7.11 Å². The molecule has 2 aromatic rings. The number of ether oxygens (including phenoxy) is 1. The molecule has 7 heteroatoms. The first-order chi connectivity index (χ1) is 10.9. The molecule has 0 aliphatic carbocycles. The zero-order valence-electron chi connectivity index (χ0n) is 11.8. The van der Waals surface area contributed by atoms with Crippen LogP contribution in [0.4, 0.5) is 17.6 Å². The zero-order chi connectivity index (χ0) is 17.1. The molecule has 0 N–H and O–H groups in total. The van der Waals surface area contributed by atoms with Crippen LogP contribution in [-0.4, -0.2) is 18.7 Å². The van der Waals surface area contributed by atoms with E-state index in [9.17, 15) is 27.2 Å². The Bertz CT molecular complexity index is 744. The Morgan fingerprint density at radius 2 is 1.39 bits per heavy atom. The summed E-state index contributed by atoms with van der Waals surface area (Å²) in [5.41, 5.74) is -2.71. The lowest BCUT2D eigenvalue weighted by Gasteiger charge is -2.10. The van der Waals surface area contributed by atoms with Crippen LogP contribution >= 0.6 is 0 Å². The van der Waals surface area contributed by atoms with Gasteiger partial charge in [-0.05, 0) is 0 Å². The summed E-state index contributed by atoms with van der Waals surface area (Å²) >= 11 is 0.